The first-order valence-corrected chi connectivity index (χ1v) is 5.70. The minimum atomic E-state index is -0.577. The summed E-state index contributed by atoms with van der Waals surface area (Å²) in [4.78, 5) is 11.8. The lowest BCUT2D eigenvalue weighted by molar-refractivity contribution is -0.122. The number of benzene rings is 1. The Balaban J connectivity index is 2.09. The molecule has 3 nitrogen and oxygen atoms in total. The van der Waals surface area contributed by atoms with Gasteiger partial charge in [-0.05, 0) is 31.0 Å². The van der Waals surface area contributed by atoms with Crippen LogP contribution in [0.1, 0.15) is 12.8 Å². The van der Waals surface area contributed by atoms with E-state index in [-0.39, 0.29) is 12.5 Å². The molecule has 0 aliphatic heterocycles. The molecule has 1 aromatic rings. The molecule has 0 unspecified atom stereocenters. The highest BCUT2D eigenvalue weighted by Gasteiger charge is 2.49. The predicted octanol–water partition coefficient (Wildman–Crippen LogP) is 2.70. The molecule has 0 radical (unpaired) electrons. The van der Waals surface area contributed by atoms with Gasteiger partial charge in [-0.25, -0.2) is 0 Å². The molecule has 1 aromatic carbocycles. The topological polar surface area (TPSA) is 49.3 Å². The fourth-order valence-corrected chi connectivity index (χ4v) is 1.74. The maximum atomic E-state index is 11.8. The van der Waals surface area contributed by atoms with Crippen LogP contribution in [0.5, 0.6) is 0 Å². The second-order valence-electron chi connectivity index (χ2n) is 4.02. The van der Waals surface area contributed by atoms with Gasteiger partial charge in [0.1, 0.15) is 0 Å². The molecular weight excluding hydrogens is 249 g/mol. The Hall–Kier alpha value is -0.770. The Bertz CT molecular complexity index is 430. The van der Waals surface area contributed by atoms with Crippen molar-refractivity contribution in [3.63, 3.8) is 0 Å². The molecule has 1 amide bonds. The molecule has 0 saturated heterocycles. The molecule has 16 heavy (non-hydrogen) atoms. The van der Waals surface area contributed by atoms with E-state index in [1.54, 1.807) is 18.2 Å². The molecule has 1 fully saturated rings. The van der Waals surface area contributed by atoms with Crippen LogP contribution >= 0.6 is 23.2 Å². The van der Waals surface area contributed by atoms with Gasteiger partial charge in [0.05, 0.1) is 22.1 Å². The lowest BCUT2D eigenvalue weighted by Crippen LogP contribution is -2.27. The van der Waals surface area contributed by atoms with Crippen LogP contribution in [0.25, 0.3) is 0 Å². The van der Waals surface area contributed by atoms with Gasteiger partial charge in [-0.15, -0.1) is 0 Å². The lowest BCUT2D eigenvalue weighted by Gasteiger charge is -2.12. The highest BCUT2D eigenvalue weighted by atomic mass is 35.5. The van der Waals surface area contributed by atoms with Crippen LogP contribution in [0.4, 0.5) is 5.69 Å². The van der Waals surface area contributed by atoms with E-state index >= 15 is 0 Å². The van der Waals surface area contributed by atoms with Gasteiger partial charge in [0, 0.05) is 5.69 Å². The van der Waals surface area contributed by atoms with E-state index < -0.39 is 5.41 Å². The summed E-state index contributed by atoms with van der Waals surface area (Å²) in [5.41, 5.74) is 0.0191. The predicted molar refractivity (Wildman–Crippen MR) is 63.8 cm³/mol. The molecule has 1 aliphatic carbocycles. The SMILES string of the molecule is O=C(Nc1ccc(Cl)c(Cl)c1)C1(CO)CC1. The van der Waals surface area contributed by atoms with Crippen LogP contribution in [0.15, 0.2) is 18.2 Å². The fourth-order valence-electron chi connectivity index (χ4n) is 1.45. The van der Waals surface area contributed by atoms with Crippen LogP contribution in [0.2, 0.25) is 10.0 Å². The molecule has 0 bridgehead atoms. The number of aliphatic hydroxyl groups excluding tert-OH is 1. The highest BCUT2D eigenvalue weighted by molar-refractivity contribution is 6.42. The van der Waals surface area contributed by atoms with Gasteiger partial charge in [0.25, 0.3) is 0 Å². The fraction of sp³-hybridized carbons (Fsp3) is 0.364. The van der Waals surface area contributed by atoms with E-state index in [0.29, 0.717) is 15.7 Å². The van der Waals surface area contributed by atoms with E-state index in [9.17, 15) is 4.79 Å². The molecule has 2 N–H and O–H groups in total. The van der Waals surface area contributed by atoms with Crippen molar-refractivity contribution in [2.24, 2.45) is 5.41 Å². The molecule has 1 saturated carbocycles. The van der Waals surface area contributed by atoms with Crippen LogP contribution in [-0.4, -0.2) is 17.6 Å². The maximum absolute atomic E-state index is 11.8. The number of carbonyl (C=O) groups is 1. The molecule has 1 aliphatic rings. The van der Waals surface area contributed by atoms with Crippen molar-refractivity contribution in [2.75, 3.05) is 11.9 Å². The number of nitrogens with one attached hydrogen (secondary N) is 1. The highest BCUT2D eigenvalue weighted by Crippen LogP contribution is 2.46. The van der Waals surface area contributed by atoms with Gasteiger partial charge in [0.15, 0.2) is 0 Å². The number of rotatable bonds is 3. The van der Waals surface area contributed by atoms with Crippen molar-refractivity contribution in [3.05, 3.63) is 28.2 Å². The summed E-state index contributed by atoms with van der Waals surface area (Å²) in [6, 6.07) is 4.90. The monoisotopic (exact) mass is 259 g/mol. The van der Waals surface area contributed by atoms with Crippen LogP contribution in [0, 0.1) is 5.41 Å². The Kier molecular flexibility index (Phi) is 3.10. The number of aliphatic hydroxyl groups is 1. The first-order chi connectivity index (χ1) is 7.57. The third kappa shape index (κ3) is 2.17. The Labute approximate surface area is 103 Å². The van der Waals surface area contributed by atoms with Gasteiger partial charge in [-0.3, -0.25) is 4.79 Å². The zero-order valence-corrected chi connectivity index (χ0v) is 9.98. The van der Waals surface area contributed by atoms with Crippen molar-refractivity contribution in [1.29, 1.82) is 0 Å². The zero-order valence-electron chi connectivity index (χ0n) is 8.46. The normalized spacial score (nSPS) is 16.9. The van der Waals surface area contributed by atoms with Gasteiger partial charge in [-0.1, -0.05) is 23.2 Å². The first-order valence-electron chi connectivity index (χ1n) is 4.95. The summed E-state index contributed by atoms with van der Waals surface area (Å²) in [6.07, 6.45) is 1.47. The Morgan fingerprint density at radius 2 is 2.06 bits per heavy atom. The van der Waals surface area contributed by atoms with Gasteiger partial charge in [-0.2, -0.15) is 0 Å². The molecule has 0 spiro atoms. The van der Waals surface area contributed by atoms with Crippen molar-refractivity contribution >= 4 is 34.8 Å². The third-order valence-corrected chi connectivity index (χ3v) is 3.55. The van der Waals surface area contributed by atoms with Crippen molar-refractivity contribution in [1.82, 2.24) is 0 Å². The lowest BCUT2D eigenvalue weighted by atomic mass is 10.1. The number of anilines is 1. The largest absolute Gasteiger partial charge is 0.395 e. The number of hydrogen-bond donors (Lipinski definition) is 2. The summed E-state index contributed by atoms with van der Waals surface area (Å²) >= 11 is 11.6. The minimum Gasteiger partial charge on any atom is -0.395 e. The summed E-state index contributed by atoms with van der Waals surface area (Å²) in [6.45, 7) is -0.111. The van der Waals surface area contributed by atoms with Crippen LogP contribution in [0.3, 0.4) is 0 Å². The van der Waals surface area contributed by atoms with E-state index in [0.717, 1.165) is 12.8 Å². The smallest absolute Gasteiger partial charge is 0.232 e. The molecule has 5 heteroatoms. The minimum absolute atomic E-state index is 0.111. The summed E-state index contributed by atoms with van der Waals surface area (Å²) in [5, 5.41) is 12.7. The van der Waals surface area contributed by atoms with Gasteiger partial charge in [0.2, 0.25) is 5.91 Å². The van der Waals surface area contributed by atoms with Crippen molar-refractivity contribution in [2.45, 2.75) is 12.8 Å². The maximum Gasteiger partial charge on any atom is 0.232 e. The first kappa shape index (κ1) is 11.7. The third-order valence-electron chi connectivity index (χ3n) is 2.82. The zero-order chi connectivity index (χ0) is 11.8. The second-order valence-corrected chi connectivity index (χ2v) is 4.84. The van der Waals surface area contributed by atoms with Crippen molar-refractivity contribution in [3.8, 4) is 0 Å². The van der Waals surface area contributed by atoms with Gasteiger partial charge < -0.3 is 10.4 Å². The number of carbonyl (C=O) groups excluding carboxylic acids is 1. The van der Waals surface area contributed by atoms with Crippen LogP contribution in [-0.2, 0) is 4.79 Å². The number of halogens is 2. The summed E-state index contributed by atoms with van der Waals surface area (Å²) in [5.74, 6) is -0.159. The molecule has 0 atom stereocenters. The molecule has 2 rings (SSSR count). The van der Waals surface area contributed by atoms with E-state index in [1.807, 2.05) is 0 Å². The van der Waals surface area contributed by atoms with Crippen molar-refractivity contribution < 1.29 is 9.90 Å². The quantitative estimate of drug-likeness (QED) is 0.877. The molecule has 86 valence electrons. The molecule has 0 heterocycles. The van der Waals surface area contributed by atoms with E-state index in [2.05, 4.69) is 5.32 Å². The van der Waals surface area contributed by atoms with Crippen LogP contribution < -0.4 is 5.32 Å². The summed E-state index contributed by atoms with van der Waals surface area (Å²) < 4.78 is 0. The van der Waals surface area contributed by atoms with Gasteiger partial charge >= 0.3 is 0 Å². The average molecular weight is 260 g/mol. The Morgan fingerprint density at radius 1 is 1.38 bits per heavy atom. The average Bonchev–Trinajstić information content (AvgIpc) is 3.04. The van der Waals surface area contributed by atoms with E-state index in [1.165, 1.54) is 0 Å². The standard InChI is InChI=1S/C11H11Cl2NO2/c12-8-2-1-7(5-9(8)13)14-10(16)11(6-15)3-4-11/h1-2,5,15H,3-4,6H2,(H,14,16). The molecular formula is C11H11Cl2NO2. The number of amides is 1. The van der Waals surface area contributed by atoms with E-state index in [4.69, 9.17) is 28.3 Å². The summed E-state index contributed by atoms with van der Waals surface area (Å²) in [7, 11) is 0. The number of hydrogen-bond acceptors (Lipinski definition) is 2. The molecule has 0 aromatic heterocycles. The second kappa shape index (κ2) is 4.24. The Morgan fingerprint density at radius 3 is 2.56 bits per heavy atom.